The molecule has 0 spiro atoms. The van der Waals surface area contributed by atoms with E-state index in [4.69, 9.17) is 9.92 Å². The highest BCUT2D eigenvalue weighted by atomic mass is 79.9. The Bertz CT molecular complexity index is 1140. The molecule has 4 rings (SSSR count). The third-order valence-corrected chi connectivity index (χ3v) is 7.52. The predicted molar refractivity (Wildman–Crippen MR) is 122 cm³/mol. The fourth-order valence-corrected chi connectivity index (χ4v) is 5.15. The molecule has 0 unspecified atom stereocenters. The van der Waals surface area contributed by atoms with E-state index in [9.17, 15) is 8.42 Å². The molecule has 1 aliphatic carbocycles. The van der Waals surface area contributed by atoms with Crippen LogP contribution in [0, 0.1) is 18.8 Å². The van der Waals surface area contributed by atoms with Gasteiger partial charge in [0.25, 0.3) is 10.1 Å². The SMILES string of the molecule is Cc1ccc(S(=O)(=O)OC[C@@H](CCCn2c(N)nc3cc(Br)ccc32)C2CC2)cc1. The Kier molecular flexibility index (Phi) is 6.18. The van der Waals surface area contributed by atoms with Crippen molar-refractivity contribution >= 4 is 43.0 Å². The minimum atomic E-state index is -3.73. The Morgan fingerprint density at radius 1 is 1.23 bits per heavy atom. The zero-order valence-corrected chi connectivity index (χ0v) is 19.3. The lowest BCUT2D eigenvalue weighted by Crippen LogP contribution is -2.17. The van der Waals surface area contributed by atoms with Crippen LogP contribution >= 0.6 is 15.9 Å². The van der Waals surface area contributed by atoms with Crippen LogP contribution in [-0.4, -0.2) is 24.6 Å². The van der Waals surface area contributed by atoms with Gasteiger partial charge in [-0.3, -0.25) is 4.18 Å². The number of fused-ring (bicyclic) bond motifs is 1. The number of anilines is 1. The normalized spacial score (nSPS) is 15.5. The smallest absolute Gasteiger partial charge is 0.296 e. The molecule has 1 heterocycles. The topological polar surface area (TPSA) is 87.2 Å². The molecule has 2 N–H and O–H groups in total. The summed E-state index contributed by atoms with van der Waals surface area (Å²) in [5.74, 6) is 1.28. The van der Waals surface area contributed by atoms with E-state index in [1.165, 1.54) is 0 Å². The Labute approximate surface area is 185 Å². The van der Waals surface area contributed by atoms with E-state index in [1.807, 2.05) is 29.7 Å². The van der Waals surface area contributed by atoms with Gasteiger partial charge in [-0.15, -0.1) is 0 Å². The lowest BCUT2D eigenvalue weighted by atomic mass is 9.99. The van der Waals surface area contributed by atoms with Crippen LogP contribution in [0.4, 0.5) is 5.95 Å². The van der Waals surface area contributed by atoms with Gasteiger partial charge < -0.3 is 10.3 Å². The largest absolute Gasteiger partial charge is 0.369 e. The third-order valence-electron chi connectivity index (χ3n) is 5.73. The first-order valence-corrected chi connectivity index (χ1v) is 12.4. The van der Waals surface area contributed by atoms with E-state index in [1.54, 1.807) is 24.3 Å². The first-order valence-electron chi connectivity index (χ1n) is 10.2. The number of benzene rings is 2. The Hall–Kier alpha value is -1.90. The van der Waals surface area contributed by atoms with E-state index >= 15 is 0 Å². The number of rotatable bonds is 9. The number of halogens is 1. The molecule has 2 aromatic carbocycles. The summed E-state index contributed by atoms with van der Waals surface area (Å²) < 4.78 is 33.5. The number of aryl methyl sites for hydroxylation is 2. The lowest BCUT2D eigenvalue weighted by Gasteiger charge is -2.17. The second-order valence-corrected chi connectivity index (χ2v) is 10.6. The van der Waals surface area contributed by atoms with Gasteiger partial charge in [0, 0.05) is 11.0 Å². The zero-order valence-electron chi connectivity index (χ0n) is 16.9. The second-order valence-electron chi connectivity index (χ2n) is 8.05. The second kappa shape index (κ2) is 8.69. The number of imidazole rings is 1. The molecule has 1 aromatic heterocycles. The molecule has 160 valence electrons. The van der Waals surface area contributed by atoms with Crippen LogP contribution < -0.4 is 5.73 Å². The van der Waals surface area contributed by atoms with Crippen molar-refractivity contribution in [1.29, 1.82) is 0 Å². The highest BCUT2D eigenvalue weighted by Gasteiger charge is 2.32. The van der Waals surface area contributed by atoms with Gasteiger partial charge in [0.05, 0.1) is 22.5 Å². The monoisotopic (exact) mass is 491 g/mol. The molecule has 0 bridgehead atoms. The summed E-state index contributed by atoms with van der Waals surface area (Å²) in [4.78, 5) is 4.65. The number of nitrogens with two attached hydrogens (primary N) is 1. The van der Waals surface area contributed by atoms with Crippen molar-refractivity contribution < 1.29 is 12.6 Å². The van der Waals surface area contributed by atoms with E-state index in [2.05, 4.69) is 20.9 Å². The molecule has 0 amide bonds. The average molecular weight is 492 g/mol. The number of aromatic nitrogens is 2. The molecule has 0 aliphatic heterocycles. The standard InChI is InChI=1S/C22H26BrN3O3S/c1-15-4-9-19(10-5-15)30(27,28)29-14-17(16-6-7-16)3-2-12-26-21-11-8-18(23)13-20(21)25-22(26)24/h4-5,8-11,13,16-17H,2-3,6-7,12,14H2,1H3,(H2,24,25)/t17-/m1/s1. The quantitative estimate of drug-likeness (QED) is 0.430. The van der Waals surface area contributed by atoms with Crippen molar-refractivity contribution in [3.63, 3.8) is 0 Å². The van der Waals surface area contributed by atoms with Gasteiger partial charge >= 0.3 is 0 Å². The van der Waals surface area contributed by atoms with Crippen molar-refractivity contribution in [2.24, 2.45) is 11.8 Å². The fraction of sp³-hybridized carbons (Fsp3) is 0.409. The van der Waals surface area contributed by atoms with Crippen LogP contribution in [0.1, 0.15) is 31.2 Å². The molecule has 6 nitrogen and oxygen atoms in total. The van der Waals surface area contributed by atoms with Crippen LogP contribution in [0.3, 0.4) is 0 Å². The molecule has 1 atom stereocenters. The van der Waals surface area contributed by atoms with Crippen LogP contribution in [0.2, 0.25) is 0 Å². The molecule has 0 saturated heterocycles. The van der Waals surface area contributed by atoms with Crippen molar-refractivity contribution in [1.82, 2.24) is 9.55 Å². The molecule has 3 aromatic rings. The zero-order chi connectivity index (χ0) is 21.3. The minimum absolute atomic E-state index is 0.214. The van der Waals surface area contributed by atoms with E-state index in [-0.39, 0.29) is 17.4 Å². The van der Waals surface area contributed by atoms with Crippen molar-refractivity contribution in [3.8, 4) is 0 Å². The number of hydrogen-bond acceptors (Lipinski definition) is 5. The summed E-state index contributed by atoms with van der Waals surface area (Å²) in [6.07, 6.45) is 4.07. The van der Waals surface area contributed by atoms with E-state index in [0.29, 0.717) is 11.9 Å². The minimum Gasteiger partial charge on any atom is -0.369 e. The van der Waals surface area contributed by atoms with Gasteiger partial charge in [0.1, 0.15) is 0 Å². The Morgan fingerprint density at radius 2 is 1.97 bits per heavy atom. The van der Waals surface area contributed by atoms with Gasteiger partial charge in [-0.25, -0.2) is 4.98 Å². The van der Waals surface area contributed by atoms with Crippen molar-refractivity contribution in [2.45, 2.75) is 44.0 Å². The summed E-state index contributed by atoms with van der Waals surface area (Å²) in [7, 11) is -3.73. The van der Waals surface area contributed by atoms with Crippen LogP contribution in [0.25, 0.3) is 11.0 Å². The summed E-state index contributed by atoms with van der Waals surface area (Å²) in [5.41, 5.74) is 9.01. The molecule has 30 heavy (non-hydrogen) atoms. The molecule has 8 heteroatoms. The van der Waals surface area contributed by atoms with Gasteiger partial charge in [-0.1, -0.05) is 33.6 Å². The Balaban J connectivity index is 1.37. The van der Waals surface area contributed by atoms with Gasteiger partial charge in [-0.2, -0.15) is 8.42 Å². The third kappa shape index (κ3) is 4.87. The van der Waals surface area contributed by atoms with Crippen molar-refractivity contribution in [2.75, 3.05) is 12.3 Å². The highest BCUT2D eigenvalue weighted by molar-refractivity contribution is 9.10. The van der Waals surface area contributed by atoms with Gasteiger partial charge in [0.2, 0.25) is 5.95 Å². The summed E-state index contributed by atoms with van der Waals surface area (Å²) >= 11 is 3.46. The number of nitrogen functional groups attached to an aromatic ring is 1. The van der Waals surface area contributed by atoms with Crippen LogP contribution in [-0.2, 0) is 20.8 Å². The number of hydrogen-bond donors (Lipinski definition) is 1. The van der Waals surface area contributed by atoms with Crippen LogP contribution in [0.5, 0.6) is 0 Å². The van der Waals surface area contributed by atoms with Crippen LogP contribution in [0.15, 0.2) is 51.8 Å². The fourth-order valence-electron chi connectivity index (χ4n) is 3.84. The van der Waals surface area contributed by atoms with E-state index in [0.717, 1.165) is 53.3 Å². The first kappa shape index (κ1) is 21.3. The maximum Gasteiger partial charge on any atom is 0.296 e. The summed E-state index contributed by atoms with van der Waals surface area (Å²) in [6.45, 7) is 2.90. The molecular weight excluding hydrogens is 466 g/mol. The summed E-state index contributed by atoms with van der Waals surface area (Å²) in [6, 6.07) is 12.7. The maximum atomic E-state index is 12.5. The van der Waals surface area contributed by atoms with Gasteiger partial charge in [0.15, 0.2) is 0 Å². The first-order chi connectivity index (χ1) is 14.3. The summed E-state index contributed by atoms with van der Waals surface area (Å²) in [5, 5.41) is 0. The molecule has 0 radical (unpaired) electrons. The highest BCUT2D eigenvalue weighted by Crippen LogP contribution is 2.40. The maximum absolute atomic E-state index is 12.5. The molecular formula is C22H26BrN3O3S. The van der Waals surface area contributed by atoms with Crippen molar-refractivity contribution in [3.05, 3.63) is 52.5 Å². The molecule has 1 saturated carbocycles. The van der Waals surface area contributed by atoms with Gasteiger partial charge in [-0.05, 0) is 74.8 Å². The average Bonchev–Trinajstić information content (AvgIpc) is 3.49. The van der Waals surface area contributed by atoms with E-state index < -0.39 is 10.1 Å². The molecule has 1 aliphatic rings. The lowest BCUT2D eigenvalue weighted by molar-refractivity contribution is 0.223. The predicted octanol–water partition coefficient (Wildman–Crippen LogP) is 4.90. The molecule has 1 fully saturated rings. The number of nitrogens with zero attached hydrogens (tertiary/aromatic N) is 2. The Morgan fingerprint density at radius 3 is 2.67 bits per heavy atom.